The summed E-state index contributed by atoms with van der Waals surface area (Å²) in [7, 11) is -0.725. The number of nitrogens with one attached hydrogen (secondary N) is 1. The fourth-order valence-corrected chi connectivity index (χ4v) is 2.33. The summed E-state index contributed by atoms with van der Waals surface area (Å²) in [6.07, 6.45) is 3.36. The Bertz CT molecular complexity index is 243. The molecule has 90 valence electrons. The van der Waals surface area contributed by atoms with Gasteiger partial charge in [-0.3, -0.25) is 4.21 Å². The number of aliphatic hydroxyl groups is 1. The molecule has 1 rings (SSSR count). The van der Waals surface area contributed by atoms with Crippen LogP contribution in [-0.2, 0) is 10.8 Å². The minimum absolute atomic E-state index is 0.00535. The Morgan fingerprint density at radius 1 is 1.60 bits per heavy atom. The molecule has 0 heterocycles. The summed E-state index contributed by atoms with van der Waals surface area (Å²) in [4.78, 5) is 0. The molecule has 4 unspecified atom stereocenters. The summed E-state index contributed by atoms with van der Waals surface area (Å²) < 4.78 is 11.1. The zero-order chi connectivity index (χ0) is 11.6. The van der Waals surface area contributed by atoms with Crippen molar-refractivity contribution < 1.29 is 9.32 Å². The fourth-order valence-electron chi connectivity index (χ4n) is 1.88. The van der Waals surface area contributed by atoms with E-state index in [1.165, 1.54) is 0 Å². The summed E-state index contributed by atoms with van der Waals surface area (Å²) in [5, 5.41) is 13.2. The minimum atomic E-state index is -0.725. The predicted molar refractivity (Wildman–Crippen MR) is 64.3 cm³/mol. The van der Waals surface area contributed by atoms with Crippen LogP contribution in [0.2, 0.25) is 0 Å². The third-order valence-corrected chi connectivity index (χ3v) is 5.09. The summed E-state index contributed by atoms with van der Waals surface area (Å²) in [5.74, 6) is 0. The van der Waals surface area contributed by atoms with Gasteiger partial charge in [0.2, 0.25) is 0 Å². The van der Waals surface area contributed by atoms with E-state index in [4.69, 9.17) is 0 Å². The van der Waals surface area contributed by atoms with Gasteiger partial charge in [0.15, 0.2) is 0 Å². The largest absolute Gasteiger partial charge is 0.392 e. The monoisotopic (exact) mass is 233 g/mol. The highest BCUT2D eigenvalue weighted by molar-refractivity contribution is 7.84. The van der Waals surface area contributed by atoms with Gasteiger partial charge in [0.05, 0.1) is 6.10 Å². The average Bonchev–Trinajstić information content (AvgIpc) is 2.16. The summed E-state index contributed by atoms with van der Waals surface area (Å²) in [6.45, 7) is 7.07. The highest BCUT2D eigenvalue weighted by atomic mass is 32.2. The van der Waals surface area contributed by atoms with Crippen LogP contribution in [0.4, 0.5) is 0 Å². The summed E-state index contributed by atoms with van der Waals surface area (Å²) in [6, 6.07) is 0.407. The normalized spacial score (nSPS) is 33.1. The van der Waals surface area contributed by atoms with Crippen molar-refractivity contribution in [3.8, 4) is 0 Å². The van der Waals surface area contributed by atoms with Crippen molar-refractivity contribution in [2.75, 3.05) is 12.8 Å². The lowest BCUT2D eigenvalue weighted by Gasteiger charge is -2.49. The topological polar surface area (TPSA) is 49.3 Å². The van der Waals surface area contributed by atoms with E-state index in [-0.39, 0.29) is 16.8 Å². The van der Waals surface area contributed by atoms with Crippen LogP contribution in [0.5, 0.6) is 0 Å². The Hall–Kier alpha value is 0.0700. The molecule has 4 heteroatoms. The molecule has 0 aromatic heterocycles. The number of rotatable bonds is 5. The van der Waals surface area contributed by atoms with Gasteiger partial charge in [-0.05, 0) is 19.4 Å². The molecule has 0 amide bonds. The highest BCUT2D eigenvalue weighted by Gasteiger charge is 2.46. The molecule has 1 aliphatic carbocycles. The first-order chi connectivity index (χ1) is 6.85. The summed E-state index contributed by atoms with van der Waals surface area (Å²) >= 11 is 0. The highest BCUT2D eigenvalue weighted by Crippen LogP contribution is 2.40. The molecular weight excluding hydrogens is 210 g/mol. The van der Waals surface area contributed by atoms with E-state index < -0.39 is 10.8 Å². The lowest BCUT2D eigenvalue weighted by atomic mass is 9.64. The van der Waals surface area contributed by atoms with E-state index in [0.29, 0.717) is 6.04 Å². The Labute approximate surface area is 95.1 Å². The fraction of sp³-hybridized carbons (Fsp3) is 1.00. The van der Waals surface area contributed by atoms with Gasteiger partial charge in [0.25, 0.3) is 0 Å². The maximum absolute atomic E-state index is 11.1. The predicted octanol–water partition coefficient (Wildman–Crippen LogP) is 0.892. The lowest BCUT2D eigenvalue weighted by Crippen LogP contribution is -2.60. The first-order valence-electron chi connectivity index (χ1n) is 5.59. The lowest BCUT2D eigenvalue weighted by molar-refractivity contribution is -0.0722. The van der Waals surface area contributed by atoms with Crippen molar-refractivity contribution in [3.05, 3.63) is 0 Å². The second kappa shape index (κ2) is 4.93. The van der Waals surface area contributed by atoms with Gasteiger partial charge in [-0.1, -0.05) is 20.8 Å². The molecular formula is C11H23NO2S. The van der Waals surface area contributed by atoms with Crippen molar-refractivity contribution in [3.63, 3.8) is 0 Å². The maximum Gasteiger partial charge on any atom is 0.0621 e. The Balaban J connectivity index is 2.20. The van der Waals surface area contributed by atoms with Crippen molar-refractivity contribution >= 4 is 10.8 Å². The van der Waals surface area contributed by atoms with E-state index in [1.54, 1.807) is 6.26 Å². The third kappa shape index (κ3) is 3.02. The van der Waals surface area contributed by atoms with E-state index in [0.717, 1.165) is 19.4 Å². The second-order valence-corrected chi connectivity index (χ2v) is 6.98. The Morgan fingerprint density at radius 3 is 2.60 bits per heavy atom. The maximum atomic E-state index is 11.1. The van der Waals surface area contributed by atoms with Crippen LogP contribution < -0.4 is 5.32 Å². The molecule has 15 heavy (non-hydrogen) atoms. The van der Waals surface area contributed by atoms with Crippen LogP contribution in [0.15, 0.2) is 0 Å². The van der Waals surface area contributed by atoms with Gasteiger partial charge in [-0.15, -0.1) is 0 Å². The van der Waals surface area contributed by atoms with Gasteiger partial charge in [-0.25, -0.2) is 0 Å². The molecule has 0 spiro atoms. The SMILES string of the molecule is CC(CCNC1CC(O)C1(C)C)S(C)=O. The van der Waals surface area contributed by atoms with Crippen molar-refractivity contribution in [1.29, 1.82) is 0 Å². The zero-order valence-corrected chi connectivity index (χ0v) is 10.9. The van der Waals surface area contributed by atoms with Crippen LogP contribution in [0.25, 0.3) is 0 Å². The van der Waals surface area contributed by atoms with Crippen molar-refractivity contribution in [2.24, 2.45) is 5.41 Å². The molecule has 4 atom stereocenters. The molecule has 0 bridgehead atoms. The van der Waals surface area contributed by atoms with Crippen LogP contribution >= 0.6 is 0 Å². The molecule has 1 saturated carbocycles. The van der Waals surface area contributed by atoms with E-state index >= 15 is 0 Å². The van der Waals surface area contributed by atoms with Gasteiger partial charge >= 0.3 is 0 Å². The first kappa shape index (κ1) is 13.1. The zero-order valence-electron chi connectivity index (χ0n) is 10.1. The van der Waals surface area contributed by atoms with E-state index in [1.807, 2.05) is 6.92 Å². The molecule has 0 aromatic carbocycles. The first-order valence-corrected chi connectivity index (χ1v) is 7.21. The van der Waals surface area contributed by atoms with Gasteiger partial charge in [0.1, 0.15) is 0 Å². The van der Waals surface area contributed by atoms with Crippen molar-refractivity contribution in [2.45, 2.75) is 51.0 Å². The molecule has 1 aliphatic rings. The van der Waals surface area contributed by atoms with E-state index in [9.17, 15) is 9.32 Å². The molecule has 0 aliphatic heterocycles. The molecule has 3 nitrogen and oxygen atoms in total. The molecule has 0 aromatic rings. The Kier molecular flexibility index (Phi) is 4.32. The Morgan fingerprint density at radius 2 is 2.20 bits per heavy atom. The quantitative estimate of drug-likeness (QED) is 0.741. The number of hydrogen-bond donors (Lipinski definition) is 2. The number of aliphatic hydroxyl groups excluding tert-OH is 1. The van der Waals surface area contributed by atoms with Crippen molar-refractivity contribution in [1.82, 2.24) is 5.32 Å². The van der Waals surface area contributed by atoms with Crippen LogP contribution in [0.3, 0.4) is 0 Å². The second-order valence-electron chi connectivity index (χ2n) is 5.18. The number of hydrogen-bond acceptors (Lipinski definition) is 3. The summed E-state index contributed by atoms with van der Waals surface area (Å²) in [5.41, 5.74) is -0.00535. The standard InChI is InChI=1S/C11H23NO2S/c1-8(15(4)14)5-6-12-9-7-10(13)11(9,2)3/h8-10,12-13H,5-7H2,1-4H3. The van der Waals surface area contributed by atoms with Gasteiger partial charge in [0, 0.05) is 33.8 Å². The van der Waals surface area contributed by atoms with Crippen LogP contribution in [0.1, 0.15) is 33.6 Å². The smallest absolute Gasteiger partial charge is 0.0621 e. The van der Waals surface area contributed by atoms with Crippen LogP contribution in [-0.4, -0.2) is 39.5 Å². The minimum Gasteiger partial charge on any atom is -0.392 e. The molecule has 2 N–H and O–H groups in total. The van der Waals surface area contributed by atoms with Gasteiger partial charge in [-0.2, -0.15) is 0 Å². The molecule has 1 fully saturated rings. The third-order valence-electron chi connectivity index (χ3n) is 3.72. The van der Waals surface area contributed by atoms with E-state index in [2.05, 4.69) is 19.2 Å². The molecule has 0 radical (unpaired) electrons. The average molecular weight is 233 g/mol. The van der Waals surface area contributed by atoms with Crippen LogP contribution in [0, 0.1) is 5.41 Å². The molecule has 0 saturated heterocycles. The van der Waals surface area contributed by atoms with Gasteiger partial charge < -0.3 is 10.4 Å².